The summed E-state index contributed by atoms with van der Waals surface area (Å²) >= 11 is 0. The van der Waals surface area contributed by atoms with E-state index in [-0.39, 0.29) is 128 Å². The molecule has 4 heterocycles. The van der Waals surface area contributed by atoms with Gasteiger partial charge in [0.2, 0.25) is 106 Å². The van der Waals surface area contributed by atoms with E-state index in [1.54, 1.807) is 30.5 Å². The number of hydrogen-bond acceptors (Lipinski definition) is 29. The van der Waals surface area contributed by atoms with Crippen molar-refractivity contribution >= 4 is 147 Å². The number of unbranched alkanes of at least 4 members (excludes halogenated alkanes) is 1. The minimum Gasteiger partial charge on any atom is -0.508 e. The lowest BCUT2D eigenvalue weighted by molar-refractivity contribution is -0.145. The number of benzene rings is 2. The van der Waals surface area contributed by atoms with Gasteiger partial charge in [0.25, 0.3) is 0 Å². The number of phenols is 1. The van der Waals surface area contributed by atoms with Crippen molar-refractivity contribution in [3.8, 4) is 5.75 Å². The Labute approximate surface area is 792 Å². The number of hydrazine groups is 1. The summed E-state index contributed by atoms with van der Waals surface area (Å²) in [6, 6.07) is -8.79. The number of Topliss-reactive ketones (excluding diaryl/α,β-unsaturated/α-hetero) is 3. The van der Waals surface area contributed by atoms with Gasteiger partial charge in [-0.1, -0.05) is 36.8 Å². The molecule has 3 fully saturated rings. The van der Waals surface area contributed by atoms with Crippen LogP contribution in [0.1, 0.15) is 167 Å². The number of phenolic OH excluding ortho intramolecular Hbond substituents is 1. The van der Waals surface area contributed by atoms with Gasteiger partial charge < -0.3 is 137 Å². The number of nitrogens with two attached hydrogens (primary N) is 3. The van der Waals surface area contributed by atoms with Crippen LogP contribution >= 0.6 is 0 Å². The Kier molecular flexibility index (Phi) is 47.0. The molecule has 0 bridgehead atoms. The number of carbonyl (C=O) groups is 22. The number of aromatic nitrogens is 1. The molecule has 138 heavy (non-hydrogen) atoms. The van der Waals surface area contributed by atoms with E-state index in [0.717, 1.165) is 18.7 Å². The summed E-state index contributed by atoms with van der Waals surface area (Å²) < 4.78 is 0. The molecule has 3 saturated heterocycles. The summed E-state index contributed by atoms with van der Waals surface area (Å²) in [6.45, 7) is 0.376. The van der Waals surface area contributed by atoms with Crippen LogP contribution in [0.3, 0.4) is 0 Å². The molecule has 0 aliphatic carbocycles. The molecule has 3 unspecified atom stereocenters. The van der Waals surface area contributed by atoms with E-state index in [1.807, 2.05) is 0 Å². The number of fused-ring (bicyclic) bond motifs is 3. The first kappa shape index (κ1) is 113. The number of ketones is 3. The molecule has 3 aliphatic heterocycles. The van der Waals surface area contributed by atoms with Crippen molar-refractivity contribution in [3.63, 3.8) is 0 Å². The van der Waals surface area contributed by atoms with Crippen molar-refractivity contribution in [1.29, 1.82) is 5.41 Å². The quantitative estimate of drug-likeness (QED) is 0.0162. The van der Waals surface area contributed by atoms with Gasteiger partial charge >= 0.3 is 17.9 Å². The van der Waals surface area contributed by atoms with E-state index in [2.05, 4.69) is 95.6 Å². The van der Waals surface area contributed by atoms with E-state index in [0.29, 0.717) is 47.7 Å². The number of nitrogens with one attached hydrogen (secondary N) is 19. The van der Waals surface area contributed by atoms with E-state index >= 15 is 0 Å². The Bertz CT molecular complexity index is 4840. The topological polar surface area (TPSA) is 805 Å². The number of H-pyrrole nitrogens is 1. The minimum atomic E-state index is -1.98. The molecular formula is C87H128N24O27. The molecule has 2 aromatic carbocycles. The fourth-order valence-corrected chi connectivity index (χ4v) is 15.2. The van der Waals surface area contributed by atoms with Gasteiger partial charge in [-0.3, -0.25) is 111 Å². The van der Waals surface area contributed by atoms with Crippen LogP contribution < -0.4 is 108 Å². The average Bonchev–Trinajstić information content (AvgIpc) is 1.60. The predicted octanol–water partition coefficient (Wildman–Crippen LogP) is -8.16. The monoisotopic (exact) mass is 1940 g/mol. The van der Waals surface area contributed by atoms with Crippen LogP contribution in [0.15, 0.2) is 54.7 Å². The number of aromatic hydroxyl groups is 1. The SMILES string of the molecule is CC1NC(=O)CNC(=O)C(CCC(=O)O)NC(=O)[C@@H]2CCCN2C(=O)[C@H]([C@@H](C)O)NC(=O)[C@H](CCC(=O)O)NC(=O)[C@H](CCCNC(=N)N)NC(=O)[C@H](CCC(N)=O)NC(=O)CNNCC(=O)CCCCCNCC(=O)NCC(=O)C(=O)[C@H](Cc2ccc(O)cc2)NC(=O)[C@H](Cc2c[nH]c3ccccc23)NC(=O)[C@@H]2CCCN2C(=O)[C@H](CCCCN)NC(=O)C(C)NC(=O)[C@H](CCC(=O)O)NC1=O. The standard InChI is InChI=1S/C87H128N24O27/c1-46-75(127)102-58(27-31-71(122)123)78(130)100-47(2)76(128)106-60(17-8-9-33-88)85(137)110-36-12-19-63(110)84(136)108-62(39-50-40-94-54-16-7-6-15-53(50)54)82(134)107-61(38-49-21-23-51(113)24-22-49)74(126)65(115)42-95-67(117)43-92-34-10-4-5-14-52(114)41-97-98-45-69(119)101-57(25-29-66(89)116)80(132)103-55(18-11-35-93-87(90)91)79(131)104-59(28-32-72(124)125)81(133)109-73(48(3)112)86(138)111-37-13-20-64(111)83(135)105-56(26-30-70(120)121)77(129)96-44-68(118)99-46/h6-7,15-16,21-24,40,46-48,55-64,73,92,94,97-98,112-113H,4-5,8-14,17-20,25-39,41-45,88H2,1-3H3,(H2,89,116)(H,95,117)(H,96,129)(H,99,118)(H,100,130)(H,101,119)(H,102,127)(H,103,132)(H,104,131)(H,105,135)(H,106,128)(H,107,134)(H,108,136)(H,109,133)(H,120,121)(H,122,123)(H,124,125)(H4,90,91,93)/t46?,47?,48-,55+,56?,57+,58+,59+,60+,61+,62+,63+,64+,73+/m1/s1. The van der Waals surface area contributed by atoms with E-state index < -0.39 is 286 Å². The number of carboxylic acids is 3. The van der Waals surface area contributed by atoms with Gasteiger partial charge in [-0.25, -0.2) is 10.9 Å². The van der Waals surface area contributed by atoms with Crippen molar-refractivity contribution < 1.29 is 131 Å². The summed E-state index contributed by atoms with van der Waals surface area (Å²) in [5.74, 6) is -24.0. The highest BCUT2D eigenvalue weighted by atomic mass is 16.4. The van der Waals surface area contributed by atoms with Gasteiger partial charge in [-0.15, -0.1) is 0 Å². The van der Waals surface area contributed by atoms with Crippen molar-refractivity contribution in [2.75, 3.05) is 65.4 Å². The van der Waals surface area contributed by atoms with Crippen LogP contribution in [-0.4, -0.2) is 326 Å². The Morgan fingerprint density at radius 1 is 0.478 bits per heavy atom. The highest BCUT2D eigenvalue weighted by molar-refractivity contribution is 6.40. The molecule has 0 saturated carbocycles. The summed E-state index contributed by atoms with van der Waals surface area (Å²) in [5.41, 5.74) is 23.4. The van der Waals surface area contributed by atoms with Crippen LogP contribution in [0.25, 0.3) is 10.9 Å². The molecule has 0 spiro atoms. The third kappa shape index (κ3) is 38.5. The Morgan fingerprint density at radius 2 is 0.978 bits per heavy atom. The Hall–Kier alpha value is -14.2. The number of aromatic amines is 1. The minimum absolute atomic E-state index is 0.0338. The highest BCUT2D eigenvalue weighted by Gasteiger charge is 2.44. The number of rotatable bonds is 25. The number of hydrogen-bond donors (Lipinski definition) is 27. The third-order valence-corrected chi connectivity index (χ3v) is 22.7. The molecule has 6 rings (SSSR count). The summed E-state index contributed by atoms with van der Waals surface area (Å²) in [5, 5.41) is 95.5. The lowest BCUT2D eigenvalue weighted by Crippen LogP contribution is -2.61. The maximum absolute atomic E-state index is 15.0. The number of amides is 16. The number of aliphatic hydroxyl groups excluding tert-OH is 1. The van der Waals surface area contributed by atoms with Crippen molar-refractivity contribution in [2.24, 2.45) is 17.2 Å². The van der Waals surface area contributed by atoms with Gasteiger partial charge in [0.15, 0.2) is 5.96 Å². The fraction of sp³-hybridized carbons (Fsp3) is 0.575. The predicted molar refractivity (Wildman–Crippen MR) is 487 cm³/mol. The molecule has 1 aromatic heterocycles. The second kappa shape index (κ2) is 57.6. The summed E-state index contributed by atoms with van der Waals surface area (Å²) in [4.78, 5) is 307. The number of carboxylic acid groups (broad SMARTS) is 3. The summed E-state index contributed by atoms with van der Waals surface area (Å²) in [6.07, 6.45) is -4.38. The van der Waals surface area contributed by atoms with Crippen LogP contribution in [0, 0.1) is 5.41 Å². The van der Waals surface area contributed by atoms with Crippen LogP contribution in [0.5, 0.6) is 5.75 Å². The number of nitrogens with zero attached hydrogens (tertiary/aromatic N) is 2. The van der Waals surface area contributed by atoms with E-state index in [4.69, 9.17) is 22.6 Å². The van der Waals surface area contributed by atoms with Crippen molar-refractivity contribution in [2.45, 2.75) is 253 Å². The number of primary amides is 1. The van der Waals surface area contributed by atoms with Gasteiger partial charge in [-0.05, 0) is 159 Å². The van der Waals surface area contributed by atoms with Gasteiger partial charge in [0, 0.05) is 81.7 Å². The number of aliphatic carboxylic acids is 3. The second-order valence-corrected chi connectivity index (χ2v) is 33.7. The first-order valence-corrected chi connectivity index (χ1v) is 45.5. The van der Waals surface area contributed by atoms with E-state index in [9.17, 15) is 131 Å². The van der Waals surface area contributed by atoms with Crippen molar-refractivity contribution in [1.82, 2.24) is 105 Å². The highest BCUT2D eigenvalue weighted by Crippen LogP contribution is 2.25. The molecule has 3 aliphatic rings. The normalized spacial score (nSPS) is 24.5. The third-order valence-electron chi connectivity index (χ3n) is 22.7. The fourth-order valence-electron chi connectivity index (χ4n) is 15.2. The number of aliphatic hydroxyl groups is 1. The molecule has 758 valence electrons. The summed E-state index contributed by atoms with van der Waals surface area (Å²) in [7, 11) is 0. The zero-order chi connectivity index (χ0) is 102. The van der Waals surface area contributed by atoms with Gasteiger partial charge in [0.05, 0.1) is 44.9 Å². The van der Waals surface area contributed by atoms with Gasteiger partial charge in [-0.2, -0.15) is 0 Å². The first-order valence-electron chi connectivity index (χ1n) is 45.5. The van der Waals surface area contributed by atoms with Gasteiger partial charge in [0.1, 0.15) is 84.0 Å². The lowest BCUT2D eigenvalue weighted by Gasteiger charge is -2.32. The molecule has 14 atom stereocenters. The first-order chi connectivity index (χ1) is 65.5. The maximum atomic E-state index is 15.0. The average molecular weight is 1940 g/mol. The molecule has 16 amide bonds. The smallest absolute Gasteiger partial charge is 0.303 e. The molecule has 0 radical (unpaired) electrons. The molecule has 51 heteroatoms. The van der Waals surface area contributed by atoms with E-state index in [1.165, 1.54) is 36.1 Å². The largest absolute Gasteiger partial charge is 0.508 e. The molecular weight excluding hydrogens is 1810 g/mol. The van der Waals surface area contributed by atoms with Crippen LogP contribution in [0.4, 0.5) is 0 Å². The van der Waals surface area contributed by atoms with Crippen LogP contribution in [0.2, 0.25) is 0 Å². The van der Waals surface area contributed by atoms with Crippen molar-refractivity contribution in [3.05, 3.63) is 65.9 Å². The Morgan fingerprint density at radius 3 is 1.57 bits per heavy atom. The molecule has 3 aromatic rings. The second-order valence-electron chi connectivity index (χ2n) is 33.7. The number of guanidine groups is 1. The van der Waals surface area contributed by atoms with Crippen LogP contribution in [-0.2, 0) is 118 Å². The number of para-hydroxylation sites is 1. The molecule has 51 nitrogen and oxygen atoms in total. The zero-order valence-electron chi connectivity index (χ0n) is 77.0. The zero-order valence-corrected chi connectivity index (χ0v) is 77.0. The maximum Gasteiger partial charge on any atom is 0.303 e. The molecule has 30 N–H and O–H groups in total. The lowest BCUT2D eigenvalue weighted by atomic mass is 9.98. The number of carbonyl (C=O) groups excluding carboxylic acids is 19. The Balaban J connectivity index is 1.26.